The van der Waals surface area contributed by atoms with E-state index < -0.39 is 35.1 Å². The quantitative estimate of drug-likeness (QED) is 0.242. The molecule has 1 saturated carbocycles. The van der Waals surface area contributed by atoms with E-state index in [-0.39, 0.29) is 39.0 Å². The summed E-state index contributed by atoms with van der Waals surface area (Å²) in [5, 5.41) is 9.38. The third kappa shape index (κ3) is 4.84. The predicted molar refractivity (Wildman–Crippen MR) is 125 cm³/mol. The van der Waals surface area contributed by atoms with Crippen LogP contribution in [0.15, 0.2) is 48.9 Å². The van der Waals surface area contributed by atoms with Gasteiger partial charge in [0.05, 0.1) is 34.9 Å². The van der Waals surface area contributed by atoms with Crippen LogP contribution in [0.5, 0.6) is 0 Å². The van der Waals surface area contributed by atoms with E-state index in [2.05, 4.69) is 20.5 Å². The van der Waals surface area contributed by atoms with Crippen LogP contribution in [-0.2, 0) is 6.18 Å². The largest absolute Gasteiger partial charge is 0.420 e. The van der Waals surface area contributed by atoms with Gasteiger partial charge in [0.1, 0.15) is 17.2 Å². The molecule has 7 nitrogen and oxygen atoms in total. The van der Waals surface area contributed by atoms with Gasteiger partial charge in [-0.1, -0.05) is 11.6 Å². The Bertz CT molecular complexity index is 1520. The molecule has 0 atom stereocenters. The van der Waals surface area contributed by atoms with Gasteiger partial charge >= 0.3 is 6.18 Å². The number of nitrogens with zero attached hydrogens (tertiary/aromatic N) is 4. The van der Waals surface area contributed by atoms with Crippen molar-refractivity contribution >= 4 is 28.9 Å². The molecule has 0 spiro atoms. The van der Waals surface area contributed by atoms with Crippen molar-refractivity contribution < 1.29 is 26.7 Å². The molecule has 0 bridgehead atoms. The second-order valence-corrected chi connectivity index (χ2v) is 8.82. The first-order valence-corrected chi connectivity index (χ1v) is 11.2. The summed E-state index contributed by atoms with van der Waals surface area (Å²) in [5.41, 5.74) is 4.99. The summed E-state index contributed by atoms with van der Waals surface area (Å²) in [6.45, 7) is 0. The average molecular weight is 535 g/mol. The van der Waals surface area contributed by atoms with Crippen LogP contribution in [0.4, 0.5) is 33.3 Å². The lowest BCUT2D eigenvalue weighted by atomic mass is 9.93. The first kappa shape index (κ1) is 24.6. The molecule has 0 radical (unpaired) electrons. The second kappa shape index (κ2) is 9.11. The number of aromatic nitrogens is 4. The van der Waals surface area contributed by atoms with Crippen molar-refractivity contribution in [2.24, 2.45) is 0 Å². The molecular formula is C24H16ClF5N6O. The number of pyridine rings is 1. The Kier molecular flexibility index (Phi) is 6.06. The van der Waals surface area contributed by atoms with Gasteiger partial charge in [-0.25, -0.2) is 13.8 Å². The smallest absolute Gasteiger partial charge is 0.398 e. The Morgan fingerprint density at radius 1 is 1.08 bits per heavy atom. The van der Waals surface area contributed by atoms with Crippen LogP contribution in [0.25, 0.3) is 16.9 Å². The maximum absolute atomic E-state index is 15.2. The molecule has 1 fully saturated rings. The molecule has 13 heteroatoms. The van der Waals surface area contributed by atoms with E-state index in [1.165, 1.54) is 24.5 Å². The molecule has 4 aromatic rings. The Labute approximate surface area is 211 Å². The molecule has 37 heavy (non-hydrogen) atoms. The van der Waals surface area contributed by atoms with Crippen molar-refractivity contribution in [3.63, 3.8) is 0 Å². The highest BCUT2D eigenvalue weighted by Gasteiger charge is 2.36. The molecule has 0 saturated heterocycles. The van der Waals surface area contributed by atoms with Crippen molar-refractivity contribution in [3.05, 3.63) is 82.3 Å². The summed E-state index contributed by atoms with van der Waals surface area (Å²) in [4.78, 5) is 17.3. The fourth-order valence-corrected chi connectivity index (χ4v) is 4.26. The highest BCUT2D eigenvalue weighted by molar-refractivity contribution is 6.34. The van der Waals surface area contributed by atoms with Crippen LogP contribution in [-0.4, -0.2) is 25.9 Å². The number of nitrogens with two attached hydrogens (primary N) is 1. The molecule has 0 unspecified atom stereocenters. The van der Waals surface area contributed by atoms with E-state index in [1.807, 2.05) is 0 Å². The second-order valence-electron chi connectivity index (χ2n) is 8.41. The number of rotatable bonds is 5. The number of anilines is 2. The van der Waals surface area contributed by atoms with E-state index in [0.29, 0.717) is 16.4 Å². The topological polar surface area (TPSA) is 98.7 Å². The van der Waals surface area contributed by atoms with Gasteiger partial charge in [-0.05, 0) is 54.7 Å². The molecule has 1 aliphatic rings. The van der Waals surface area contributed by atoms with Crippen LogP contribution >= 0.6 is 11.6 Å². The summed E-state index contributed by atoms with van der Waals surface area (Å²) < 4.78 is 70.0. The molecule has 1 aliphatic carbocycles. The molecule has 1 amide bonds. The van der Waals surface area contributed by atoms with Crippen LogP contribution in [0.1, 0.15) is 40.2 Å². The van der Waals surface area contributed by atoms with Gasteiger partial charge in [-0.3, -0.25) is 4.79 Å². The van der Waals surface area contributed by atoms with E-state index in [9.17, 15) is 22.4 Å². The van der Waals surface area contributed by atoms with Gasteiger partial charge in [0.25, 0.3) is 5.91 Å². The first-order valence-electron chi connectivity index (χ1n) is 10.9. The zero-order valence-electron chi connectivity index (χ0n) is 18.7. The normalized spacial score (nSPS) is 13.6. The number of alkyl halides is 3. The molecule has 2 heterocycles. The minimum Gasteiger partial charge on any atom is -0.398 e. The van der Waals surface area contributed by atoms with Crippen molar-refractivity contribution in [1.29, 1.82) is 0 Å². The number of nitrogens with one attached hydrogen (secondary N) is 1. The van der Waals surface area contributed by atoms with Crippen LogP contribution < -0.4 is 11.1 Å². The summed E-state index contributed by atoms with van der Waals surface area (Å²) in [6, 6.07) is 5.07. The number of carbonyl (C=O) groups is 1. The Morgan fingerprint density at radius 3 is 2.43 bits per heavy atom. The minimum atomic E-state index is -4.84. The fraction of sp³-hybridized carbons (Fsp3) is 0.167. The van der Waals surface area contributed by atoms with E-state index in [4.69, 9.17) is 17.3 Å². The SMILES string of the molecule is Nc1cc(F)cc(C2CC2)c1-c1cc(Cl)c(C(=O)Nc2cnc(-n3nccn3)c(C(F)(F)F)c2)cc1F. The molecule has 2 aromatic carbocycles. The molecule has 0 aliphatic heterocycles. The van der Waals surface area contributed by atoms with E-state index in [1.54, 1.807) is 0 Å². The Balaban J connectivity index is 1.48. The number of carbonyl (C=O) groups excluding carboxylic acids is 1. The maximum Gasteiger partial charge on any atom is 0.420 e. The third-order valence-corrected chi connectivity index (χ3v) is 6.10. The van der Waals surface area contributed by atoms with Gasteiger partial charge in [-0.2, -0.15) is 23.4 Å². The van der Waals surface area contributed by atoms with Crippen LogP contribution in [0.2, 0.25) is 5.02 Å². The summed E-state index contributed by atoms with van der Waals surface area (Å²) in [7, 11) is 0. The van der Waals surface area contributed by atoms with Crippen molar-refractivity contribution in [1.82, 2.24) is 20.0 Å². The van der Waals surface area contributed by atoms with Gasteiger partial charge in [0.15, 0.2) is 5.82 Å². The Morgan fingerprint density at radius 2 is 1.78 bits per heavy atom. The summed E-state index contributed by atoms with van der Waals surface area (Å²) in [5.74, 6) is -2.93. The minimum absolute atomic E-state index is 0.0157. The van der Waals surface area contributed by atoms with Crippen LogP contribution in [0.3, 0.4) is 0 Å². The van der Waals surface area contributed by atoms with Gasteiger partial charge in [-0.15, -0.1) is 4.80 Å². The van der Waals surface area contributed by atoms with Crippen molar-refractivity contribution in [2.75, 3.05) is 11.1 Å². The number of hydrogen-bond donors (Lipinski definition) is 2. The van der Waals surface area contributed by atoms with Gasteiger partial charge < -0.3 is 11.1 Å². The lowest BCUT2D eigenvalue weighted by Gasteiger charge is -2.16. The monoisotopic (exact) mass is 534 g/mol. The average Bonchev–Trinajstić information content (AvgIpc) is 3.53. The molecular weight excluding hydrogens is 519 g/mol. The maximum atomic E-state index is 15.2. The molecule has 5 rings (SSSR count). The molecule has 3 N–H and O–H groups in total. The Hall–Kier alpha value is -4.06. The predicted octanol–water partition coefficient (Wildman–Crippen LogP) is 5.99. The number of nitrogen functional groups attached to an aromatic ring is 1. The van der Waals surface area contributed by atoms with E-state index >= 15 is 4.39 Å². The number of halogens is 6. The van der Waals surface area contributed by atoms with Gasteiger partial charge in [0.2, 0.25) is 0 Å². The van der Waals surface area contributed by atoms with Gasteiger partial charge in [0, 0.05) is 16.8 Å². The molecule has 190 valence electrons. The zero-order valence-corrected chi connectivity index (χ0v) is 19.4. The first-order chi connectivity index (χ1) is 17.5. The van der Waals surface area contributed by atoms with Crippen LogP contribution in [0, 0.1) is 11.6 Å². The number of amides is 1. The lowest BCUT2D eigenvalue weighted by molar-refractivity contribution is -0.137. The fourth-order valence-electron chi connectivity index (χ4n) is 4.01. The van der Waals surface area contributed by atoms with Crippen molar-refractivity contribution in [3.8, 4) is 16.9 Å². The van der Waals surface area contributed by atoms with Crippen molar-refractivity contribution in [2.45, 2.75) is 24.9 Å². The standard InChI is InChI=1S/C24H16ClF5N6O/c25-18-8-16(21-14(11-1-2-11)5-12(26)6-20(21)31)19(27)9-15(18)23(37)35-13-7-17(24(28,29)30)22(32-10-13)36-33-3-4-34-36/h3-11H,1-2,31H2,(H,35,37). The number of hydrogen-bond acceptors (Lipinski definition) is 5. The summed E-state index contributed by atoms with van der Waals surface area (Å²) >= 11 is 6.28. The molecule has 2 aromatic heterocycles. The highest BCUT2D eigenvalue weighted by Crippen LogP contribution is 2.47. The zero-order chi connectivity index (χ0) is 26.5. The third-order valence-electron chi connectivity index (χ3n) is 5.79. The highest BCUT2D eigenvalue weighted by atomic mass is 35.5. The number of benzene rings is 2. The van der Waals surface area contributed by atoms with E-state index in [0.717, 1.165) is 31.2 Å². The lowest BCUT2D eigenvalue weighted by Crippen LogP contribution is -2.17. The summed E-state index contributed by atoms with van der Waals surface area (Å²) in [6.07, 6.45) is 0.113.